The molecule has 4 heteroatoms. The number of hydrogen-bond acceptors (Lipinski definition) is 3. The average molecular weight is 228 g/mol. The van der Waals surface area contributed by atoms with Crippen LogP contribution >= 0.6 is 0 Å². The minimum absolute atomic E-state index is 0.166. The molecule has 0 aliphatic carbocycles. The molecule has 1 rings (SSSR count). The van der Waals surface area contributed by atoms with Crippen LogP contribution in [0.3, 0.4) is 0 Å². The van der Waals surface area contributed by atoms with Crippen molar-refractivity contribution in [1.29, 1.82) is 0 Å². The summed E-state index contributed by atoms with van der Waals surface area (Å²) in [7, 11) is 1.95. The largest absolute Gasteiger partial charge is 0.449 e. The number of nitrogens with zero attached hydrogens (tertiary/aromatic N) is 1. The topological polar surface area (TPSA) is 41.6 Å². The number of ether oxygens (including phenoxy) is 1. The molecule has 1 saturated heterocycles. The van der Waals surface area contributed by atoms with Crippen LogP contribution in [0.1, 0.15) is 27.2 Å². The number of carbonyl (C=O) groups is 1. The van der Waals surface area contributed by atoms with Gasteiger partial charge in [0.2, 0.25) is 0 Å². The van der Waals surface area contributed by atoms with E-state index in [0.717, 1.165) is 19.5 Å². The fourth-order valence-electron chi connectivity index (χ4n) is 1.94. The Morgan fingerprint density at radius 3 is 2.81 bits per heavy atom. The lowest BCUT2D eigenvalue weighted by Gasteiger charge is -2.36. The molecule has 0 aromatic rings. The van der Waals surface area contributed by atoms with Gasteiger partial charge < -0.3 is 15.0 Å². The van der Waals surface area contributed by atoms with Crippen molar-refractivity contribution in [2.24, 2.45) is 11.8 Å². The van der Waals surface area contributed by atoms with Gasteiger partial charge in [0.1, 0.15) is 0 Å². The number of likely N-dealkylation sites (tertiary alicyclic amines) is 1. The van der Waals surface area contributed by atoms with E-state index in [9.17, 15) is 4.79 Å². The smallest absolute Gasteiger partial charge is 0.409 e. The molecule has 1 aliphatic rings. The zero-order chi connectivity index (χ0) is 12.1. The molecule has 2 atom stereocenters. The fraction of sp³-hybridized carbons (Fsp3) is 0.917. The van der Waals surface area contributed by atoms with Gasteiger partial charge >= 0.3 is 6.09 Å². The van der Waals surface area contributed by atoms with Crippen molar-refractivity contribution in [2.45, 2.75) is 33.2 Å². The average Bonchev–Trinajstić information content (AvgIpc) is 2.26. The molecule has 0 aromatic heterocycles. The Hall–Kier alpha value is -0.770. The maximum Gasteiger partial charge on any atom is 0.409 e. The van der Waals surface area contributed by atoms with Crippen molar-refractivity contribution in [2.75, 3.05) is 26.7 Å². The van der Waals surface area contributed by atoms with Crippen LogP contribution in [0.4, 0.5) is 4.79 Å². The van der Waals surface area contributed by atoms with E-state index in [-0.39, 0.29) is 6.09 Å². The second kappa shape index (κ2) is 6.09. The van der Waals surface area contributed by atoms with Crippen LogP contribution in [0.2, 0.25) is 0 Å². The summed E-state index contributed by atoms with van der Waals surface area (Å²) in [6, 6.07) is 0.389. The van der Waals surface area contributed by atoms with Gasteiger partial charge in [0.15, 0.2) is 0 Å². The number of rotatable bonds is 3. The molecular formula is C12H24N2O2. The lowest BCUT2D eigenvalue weighted by molar-refractivity contribution is 0.0723. The Bertz CT molecular complexity index is 231. The van der Waals surface area contributed by atoms with Crippen LogP contribution in [0, 0.1) is 11.8 Å². The number of piperidine rings is 1. The Kier molecular flexibility index (Phi) is 5.06. The van der Waals surface area contributed by atoms with Gasteiger partial charge in [-0.25, -0.2) is 4.79 Å². The van der Waals surface area contributed by atoms with Gasteiger partial charge in [0, 0.05) is 19.1 Å². The van der Waals surface area contributed by atoms with E-state index in [0.29, 0.717) is 24.5 Å². The van der Waals surface area contributed by atoms with Crippen molar-refractivity contribution in [3.63, 3.8) is 0 Å². The van der Waals surface area contributed by atoms with Crippen molar-refractivity contribution >= 4 is 6.09 Å². The summed E-state index contributed by atoms with van der Waals surface area (Å²) in [5.41, 5.74) is 0. The van der Waals surface area contributed by atoms with Gasteiger partial charge in [-0.3, -0.25) is 0 Å². The Labute approximate surface area is 98.3 Å². The van der Waals surface area contributed by atoms with Crippen LogP contribution in [0.25, 0.3) is 0 Å². The first-order valence-electron chi connectivity index (χ1n) is 6.13. The number of likely N-dealkylation sites (N-methyl/N-ethyl adjacent to an activating group) is 1. The molecule has 0 spiro atoms. The summed E-state index contributed by atoms with van der Waals surface area (Å²) >= 11 is 0. The predicted molar refractivity (Wildman–Crippen MR) is 64.4 cm³/mol. The third-order valence-corrected chi connectivity index (χ3v) is 3.13. The van der Waals surface area contributed by atoms with E-state index in [1.807, 2.05) is 25.8 Å². The third-order valence-electron chi connectivity index (χ3n) is 3.13. The molecule has 1 heterocycles. The van der Waals surface area contributed by atoms with Gasteiger partial charge in [0.25, 0.3) is 0 Å². The highest BCUT2D eigenvalue weighted by atomic mass is 16.6. The summed E-state index contributed by atoms with van der Waals surface area (Å²) in [6.45, 7) is 8.39. The Morgan fingerprint density at radius 2 is 2.25 bits per heavy atom. The highest BCUT2D eigenvalue weighted by molar-refractivity contribution is 5.67. The van der Waals surface area contributed by atoms with E-state index < -0.39 is 0 Å². The highest BCUT2D eigenvalue weighted by Crippen LogP contribution is 2.17. The van der Waals surface area contributed by atoms with E-state index in [1.54, 1.807) is 0 Å². The number of nitrogens with one attached hydrogen (secondary N) is 1. The second-order valence-corrected chi connectivity index (χ2v) is 5.08. The standard InChI is InChI=1S/C12H24N2O2/c1-9(2)8-16-12(15)14-6-5-10(3)11(7-14)13-4/h9-11,13H,5-8H2,1-4H3. The fourth-order valence-corrected chi connectivity index (χ4v) is 1.94. The van der Waals surface area contributed by atoms with Crippen LogP contribution in [-0.2, 0) is 4.74 Å². The van der Waals surface area contributed by atoms with Crippen LogP contribution < -0.4 is 5.32 Å². The molecule has 0 radical (unpaired) electrons. The summed E-state index contributed by atoms with van der Waals surface area (Å²) in [5, 5.41) is 3.25. The summed E-state index contributed by atoms with van der Waals surface area (Å²) < 4.78 is 5.23. The van der Waals surface area contributed by atoms with Crippen molar-refractivity contribution < 1.29 is 9.53 Å². The quantitative estimate of drug-likeness (QED) is 0.799. The molecule has 0 aromatic carbocycles. The number of carbonyl (C=O) groups excluding carboxylic acids is 1. The molecule has 2 unspecified atom stereocenters. The number of hydrogen-bond donors (Lipinski definition) is 1. The lowest BCUT2D eigenvalue weighted by atomic mass is 9.94. The normalized spacial score (nSPS) is 25.9. The van der Waals surface area contributed by atoms with Crippen LogP contribution in [0.5, 0.6) is 0 Å². The monoisotopic (exact) mass is 228 g/mol. The predicted octanol–water partition coefficient (Wildman–Crippen LogP) is 1.71. The maximum absolute atomic E-state index is 11.7. The van der Waals surface area contributed by atoms with E-state index in [2.05, 4.69) is 12.2 Å². The van der Waals surface area contributed by atoms with Gasteiger partial charge in [0.05, 0.1) is 6.61 Å². The molecule has 1 aliphatic heterocycles. The third kappa shape index (κ3) is 3.67. The minimum Gasteiger partial charge on any atom is -0.449 e. The molecule has 4 nitrogen and oxygen atoms in total. The minimum atomic E-state index is -0.166. The molecule has 16 heavy (non-hydrogen) atoms. The molecule has 0 saturated carbocycles. The first kappa shape index (κ1) is 13.3. The van der Waals surface area contributed by atoms with Gasteiger partial charge in [-0.05, 0) is 25.3 Å². The molecule has 1 amide bonds. The lowest BCUT2D eigenvalue weighted by Crippen LogP contribution is -2.51. The zero-order valence-corrected chi connectivity index (χ0v) is 10.8. The molecule has 0 bridgehead atoms. The van der Waals surface area contributed by atoms with E-state index in [4.69, 9.17) is 4.74 Å². The van der Waals surface area contributed by atoms with Crippen LogP contribution in [-0.4, -0.2) is 43.8 Å². The SMILES string of the molecule is CNC1CN(C(=O)OCC(C)C)CCC1C. The molecular weight excluding hydrogens is 204 g/mol. The van der Waals surface area contributed by atoms with E-state index >= 15 is 0 Å². The second-order valence-electron chi connectivity index (χ2n) is 5.08. The first-order valence-corrected chi connectivity index (χ1v) is 6.13. The molecule has 1 fully saturated rings. The van der Waals surface area contributed by atoms with Gasteiger partial charge in [-0.1, -0.05) is 20.8 Å². The molecule has 94 valence electrons. The maximum atomic E-state index is 11.7. The van der Waals surface area contributed by atoms with Gasteiger partial charge in [-0.2, -0.15) is 0 Å². The summed E-state index contributed by atoms with van der Waals surface area (Å²) in [5.74, 6) is 1.02. The zero-order valence-electron chi connectivity index (χ0n) is 10.8. The van der Waals surface area contributed by atoms with Crippen molar-refractivity contribution in [3.8, 4) is 0 Å². The van der Waals surface area contributed by atoms with E-state index in [1.165, 1.54) is 0 Å². The summed E-state index contributed by atoms with van der Waals surface area (Å²) in [6.07, 6.45) is 0.878. The van der Waals surface area contributed by atoms with Crippen LogP contribution in [0.15, 0.2) is 0 Å². The number of amides is 1. The van der Waals surface area contributed by atoms with Gasteiger partial charge in [-0.15, -0.1) is 0 Å². The summed E-state index contributed by atoms with van der Waals surface area (Å²) in [4.78, 5) is 13.6. The highest BCUT2D eigenvalue weighted by Gasteiger charge is 2.28. The molecule has 1 N–H and O–H groups in total. The van der Waals surface area contributed by atoms with Crippen molar-refractivity contribution in [1.82, 2.24) is 10.2 Å². The first-order chi connectivity index (χ1) is 7.54. The Morgan fingerprint density at radius 1 is 1.56 bits per heavy atom. The Balaban J connectivity index is 2.39. The van der Waals surface area contributed by atoms with Crippen molar-refractivity contribution in [3.05, 3.63) is 0 Å².